The molecule has 6 nitrogen and oxygen atoms in total. The van der Waals surface area contributed by atoms with Gasteiger partial charge in [-0.05, 0) is 43.5 Å². The predicted molar refractivity (Wildman–Crippen MR) is 110 cm³/mol. The van der Waals surface area contributed by atoms with Crippen molar-refractivity contribution in [2.45, 2.75) is 33.1 Å². The molecule has 0 spiro atoms. The number of aryl methyl sites for hydroxylation is 3. The molecule has 1 N–H and O–H groups in total. The maximum atomic E-state index is 4.69. The monoisotopic (exact) mass is 378 g/mol. The third-order valence-corrected chi connectivity index (χ3v) is 5.38. The van der Waals surface area contributed by atoms with Gasteiger partial charge in [0, 0.05) is 17.8 Å². The molecule has 0 radical (unpaired) electrons. The lowest BCUT2D eigenvalue weighted by atomic mass is 10.1. The fourth-order valence-electron chi connectivity index (χ4n) is 3.04. The number of anilines is 1. The Bertz CT molecular complexity index is 1020. The van der Waals surface area contributed by atoms with Gasteiger partial charge in [0.05, 0.1) is 23.5 Å². The quantitative estimate of drug-likeness (QED) is 0.489. The third-order valence-electron chi connectivity index (χ3n) is 4.44. The third kappa shape index (κ3) is 3.98. The number of benzene rings is 1. The van der Waals surface area contributed by atoms with E-state index >= 15 is 0 Å². The standard InChI is InChI=1S/C20H22N6S/c1-3-18-23-19(17-13-14(2)27-20(17)24-18)21-10-4-5-15-6-8-16(9-7-15)26-12-11-22-25-26/h6-9,11-13H,3-5,10H2,1-2H3,(H,21,23,24). The summed E-state index contributed by atoms with van der Waals surface area (Å²) in [6, 6.07) is 10.6. The summed E-state index contributed by atoms with van der Waals surface area (Å²) in [4.78, 5) is 11.7. The van der Waals surface area contributed by atoms with Crippen LogP contribution in [0.2, 0.25) is 0 Å². The molecule has 0 amide bonds. The highest BCUT2D eigenvalue weighted by atomic mass is 32.1. The largest absolute Gasteiger partial charge is 0.369 e. The SMILES string of the molecule is CCc1nc(NCCCc2ccc(-n3ccnn3)cc2)c2cc(C)sc2n1. The second-order valence-electron chi connectivity index (χ2n) is 6.46. The van der Waals surface area contributed by atoms with Crippen LogP contribution in [0, 0.1) is 6.92 Å². The molecule has 0 saturated carbocycles. The van der Waals surface area contributed by atoms with Gasteiger partial charge in [-0.3, -0.25) is 0 Å². The smallest absolute Gasteiger partial charge is 0.138 e. The van der Waals surface area contributed by atoms with Gasteiger partial charge in [0.25, 0.3) is 0 Å². The van der Waals surface area contributed by atoms with Gasteiger partial charge >= 0.3 is 0 Å². The van der Waals surface area contributed by atoms with E-state index in [1.54, 1.807) is 22.2 Å². The normalized spacial score (nSPS) is 11.2. The van der Waals surface area contributed by atoms with Gasteiger partial charge in [-0.2, -0.15) is 0 Å². The molecule has 0 saturated heterocycles. The van der Waals surface area contributed by atoms with Crippen LogP contribution in [0.1, 0.15) is 29.6 Å². The zero-order valence-corrected chi connectivity index (χ0v) is 16.3. The summed E-state index contributed by atoms with van der Waals surface area (Å²) < 4.78 is 1.76. The van der Waals surface area contributed by atoms with Crippen LogP contribution in [-0.4, -0.2) is 31.5 Å². The molecule has 0 aliphatic heterocycles. The van der Waals surface area contributed by atoms with Crippen molar-refractivity contribution in [2.24, 2.45) is 0 Å². The van der Waals surface area contributed by atoms with Crippen LogP contribution in [0.4, 0.5) is 5.82 Å². The van der Waals surface area contributed by atoms with E-state index in [-0.39, 0.29) is 0 Å². The molecule has 4 rings (SSSR count). The van der Waals surface area contributed by atoms with Gasteiger partial charge in [0.1, 0.15) is 16.5 Å². The van der Waals surface area contributed by atoms with E-state index in [2.05, 4.69) is 69.8 Å². The lowest BCUT2D eigenvalue weighted by Gasteiger charge is -2.09. The van der Waals surface area contributed by atoms with E-state index in [1.165, 1.54) is 10.4 Å². The molecule has 1 aromatic carbocycles. The number of nitrogens with one attached hydrogen (secondary N) is 1. The first-order chi connectivity index (χ1) is 13.2. The van der Waals surface area contributed by atoms with E-state index in [4.69, 9.17) is 0 Å². The average Bonchev–Trinajstić information content (AvgIpc) is 3.34. The number of nitrogens with zero attached hydrogens (tertiary/aromatic N) is 5. The van der Waals surface area contributed by atoms with Crippen LogP contribution in [-0.2, 0) is 12.8 Å². The van der Waals surface area contributed by atoms with E-state index in [0.29, 0.717) is 0 Å². The molecule has 138 valence electrons. The predicted octanol–water partition coefficient (Wildman–Crippen LogP) is 4.19. The van der Waals surface area contributed by atoms with Crippen molar-refractivity contribution in [3.8, 4) is 5.69 Å². The van der Waals surface area contributed by atoms with Gasteiger partial charge in [-0.25, -0.2) is 14.6 Å². The second kappa shape index (κ2) is 7.84. The van der Waals surface area contributed by atoms with Crippen LogP contribution in [0.15, 0.2) is 42.7 Å². The van der Waals surface area contributed by atoms with Crippen molar-refractivity contribution in [1.29, 1.82) is 0 Å². The van der Waals surface area contributed by atoms with Gasteiger partial charge in [-0.1, -0.05) is 24.3 Å². The first-order valence-corrected chi connectivity index (χ1v) is 10.0. The number of thiophene rings is 1. The minimum atomic E-state index is 0.847. The topological polar surface area (TPSA) is 68.5 Å². The van der Waals surface area contributed by atoms with E-state index in [9.17, 15) is 0 Å². The van der Waals surface area contributed by atoms with Crippen LogP contribution in [0.25, 0.3) is 15.9 Å². The summed E-state index contributed by atoms with van der Waals surface area (Å²) in [5.41, 5.74) is 2.34. The van der Waals surface area contributed by atoms with Crippen molar-refractivity contribution in [3.63, 3.8) is 0 Å². The Hall–Kier alpha value is -2.80. The molecule has 4 aromatic rings. The summed E-state index contributed by atoms with van der Waals surface area (Å²) in [7, 11) is 0. The van der Waals surface area contributed by atoms with E-state index in [1.807, 2.05) is 6.20 Å². The van der Waals surface area contributed by atoms with E-state index < -0.39 is 0 Å². The van der Waals surface area contributed by atoms with Crippen LogP contribution < -0.4 is 5.32 Å². The number of fused-ring (bicyclic) bond motifs is 1. The summed E-state index contributed by atoms with van der Waals surface area (Å²) in [5, 5.41) is 12.5. The van der Waals surface area contributed by atoms with Crippen molar-refractivity contribution in [1.82, 2.24) is 25.0 Å². The van der Waals surface area contributed by atoms with Crippen molar-refractivity contribution >= 4 is 27.4 Å². The molecule has 0 bridgehead atoms. The fourth-order valence-corrected chi connectivity index (χ4v) is 3.94. The number of hydrogen-bond acceptors (Lipinski definition) is 6. The molecule has 3 aromatic heterocycles. The fraction of sp³-hybridized carbons (Fsp3) is 0.300. The zero-order chi connectivity index (χ0) is 18.6. The second-order valence-corrected chi connectivity index (χ2v) is 7.70. The van der Waals surface area contributed by atoms with E-state index in [0.717, 1.165) is 53.4 Å². The lowest BCUT2D eigenvalue weighted by molar-refractivity contribution is 0.801. The summed E-state index contributed by atoms with van der Waals surface area (Å²) in [5.74, 6) is 1.86. The first kappa shape index (κ1) is 17.6. The molecule has 0 unspecified atom stereocenters. The molecule has 3 heterocycles. The van der Waals surface area contributed by atoms with Crippen LogP contribution >= 0.6 is 11.3 Å². The Morgan fingerprint density at radius 3 is 2.74 bits per heavy atom. The Morgan fingerprint density at radius 2 is 2.00 bits per heavy atom. The highest BCUT2D eigenvalue weighted by molar-refractivity contribution is 7.18. The number of rotatable bonds is 7. The Morgan fingerprint density at radius 1 is 1.15 bits per heavy atom. The molecule has 7 heteroatoms. The summed E-state index contributed by atoms with van der Waals surface area (Å²) in [6.07, 6.45) is 6.43. The van der Waals surface area contributed by atoms with Crippen molar-refractivity contribution in [3.05, 3.63) is 59.0 Å². The van der Waals surface area contributed by atoms with Gasteiger partial charge in [-0.15, -0.1) is 16.4 Å². The Balaban J connectivity index is 1.37. The summed E-state index contributed by atoms with van der Waals surface area (Å²) in [6.45, 7) is 5.09. The van der Waals surface area contributed by atoms with Crippen LogP contribution in [0.5, 0.6) is 0 Å². The summed E-state index contributed by atoms with van der Waals surface area (Å²) >= 11 is 1.73. The molecule has 0 aliphatic carbocycles. The molecular weight excluding hydrogens is 356 g/mol. The zero-order valence-electron chi connectivity index (χ0n) is 15.5. The van der Waals surface area contributed by atoms with Crippen LogP contribution in [0.3, 0.4) is 0 Å². The van der Waals surface area contributed by atoms with Gasteiger partial charge < -0.3 is 5.32 Å². The first-order valence-electron chi connectivity index (χ1n) is 9.19. The van der Waals surface area contributed by atoms with Crippen molar-refractivity contribution < 1.29 is 0 Å². The molecule has 0 aliphatic rings. The minimum Gasteiger partial charge on any atom is -0.369 e. The maximum absolute atomic E-state index is 4.69. The maximum Gasteiger partial charge on any atom is 0.138 e. The minimum absolute atomic E-state index is 0.847. The number of hydrogen-bond donors (Lipinski definition) is 1. The molecule has 0 atom stereocenters. The lowest BCUT2D eigenvalue weighted by Crippen LogP contribution is -2.07. The highest BCUT2D eigenvalue weighted by Crippen LogP contribution is 2.28. The van der Waals surface area contributed by atoms with Gasteiger partial charge in [0.15, 0.2) is 0 Å². The Labute approximate surface area is 162 Å². The number of aromatic nitrogens is 5. The highest BCUT2D eigenvalue weighted by Gasteiger charge is 2.09. The average molecular weight is 379 g/mol. The molecular formula is C20H22N6S. The van der Waals surface area contributed by atoms with Crippen molar-refractivity contribution in [2.75, 3.05) is 11.9 Å². The van der Waals surface area contributed by atoms with Gasteiger partial charge in [0.2, 0.25) is 0 Å². The Kier molecular flexibility index (Phi) is 5.11. The molecule has 0 fully saturated rings. The molecule has 27 heavy (non-hydrogen) atoms.